The average molecular weight is 303 g/mol. The molecule has 0 radical (unpaired) electrons. The zero-order valence-electron chi connectivity index (χ0n) is 8.99. The highest BCUT2D eigenvalue weighted by atomic mass is 79.9. The fraction of sp³-hybridized carbons (Fsp3) is 0.583. The van der Waals surface area contributed by atoms with E-state index in [-0.39, 0.29) is 5.92 Å². The number of hydrogen-bond acceptors (Lipinski definition) is 2. The summed E-state index contributed by atoms with van der Waals surface area (Å²) in [5, 5.41) is 11.3. The molecule has 16 heavy (non-hydrogen) atoms. The molecule has 88 valence electrons. The molecule has 4 heteroatoms. The van der Waals surface area contributed by atoms with E-state index in [1.54, 1.807) is 11.3 Å². The summed E-state index contributed by atoms with van der Waals surface area (Å²) in [6.07, 6.45) is 5.23. The van der Waals surface area contributed by atoms with Crippen molar-refractivity contribution in [1.29, 1.82) is 0 Å². The van der Waals surface area contributed by atoms with E-state index in [4.69, 9.17) is 0 Å². The van der Waals surface area contributed by atoms with E-state index in [2.05, 4.69) is 15.9 Å². The molecule has 1 atom stereocenters. The second kappa shape index (κ2) is 5.32. The molecule has 2 rings (SSSR count). The van der Waals surface area contributed by atoms with E-state index < -0.39 is 5.97 Å². The van der Waals surface area contributed by atoms with Gasteiger partial charge in [0.15, 0.2) is 0 Å². The first-order valence-corrected chi connectivity index (χ1v) is 7.30. The van der Waals surface area contributed by atoms with Crippen LogP contribution in [0.5, 0.6) is 0 Å². The molecule has 2 nitrogen and oxygen atoms in total. The Kier molecular flexibility index (Phi) is 4.03. The normalized spacial score (nSPS) is 18.8. The Hall–Kier alpha value is -0.350. The zero-order chi connectivity index (χ0) is 11.5. The maximum Gasteiger partial charge on any atom is 0.307 e. The summed E-state index contributed by atoms with van der Waals surface area (Å²) in [7, 11) is 0. The van der Waals surface area contributed by atoms with E-state index in [1.807, 2.05) is 11.4 Å². The van der Waals surface area contributed by atoms with Crippen molar-refractivity contribution in [2.24, 2.45) is 11.8 Å². The number of halogens is 1. The second-order valence-corrected chi connectivity index (χ2v) is 6.24. The number of carboxylic acid groups (broad SMARTS) is 1. The van der Waals surface area contributed by atoms with Gasteiger partial charge in [-0.3, -0.25) is 4.79 Å². The summed E-state index contributed by atoms with van der Waals surface area (Å²) in [5.41, 5.74) is 0. The molecule has 1 unspecified atom stereocenters. The molecule has 1 N–H and O–H groups in total. The summed E-state index contributed by atoms with van der Waals surface area (Å²) in [6.45, 7) is 0. The van der Waals surface area contributed by atoms with Gasteiger partial charge in [0.2, 0.25) is 0 Å². The zero-order valence-corrected chi connectivity index (χ0v) is 11.4. The molecule has 1 saturated carbocycles. The topological polar surface area (TPSA) is 37.3 Å². The van der Waals surface area contributed by atoms with Crippen LogP contribution in [0.4, 0.5) is 0 Å². The first-order chi connectivity index (χ1) is 7.68. The molecule has 0 aliphatic heterocycles. The van der Waals surface area contributed by atoms with E-state index in [9.17, 15) is 9.90 Å². The molecule has 1 aromatic rings. The monoisotopic (exact) mass is 302 g/mol. The molecule has 1 heterocycles. The lowest BCUT2D eigenvalue weighted by atomic mass is 9.88. The summed E-state index contributed by atoms with van der Waals surface area (Å²) < 4.78 is 1.06. The first kappa shape index (κ1) is 12.1. The third-order valence-corrected chi connectivity index (χ3v) is 5.33. The van der Waals surface area contributed by atoms with Crippen LogP contribution in [0.15, 0.2) is 15.9 Å². The van der Waals surface area contributed by atoms with Crippen LogP contribution in [0, 0.1) is 11.8 Å². The van der Waals surface area contributed by atoms with Crippen molar-refractivity contribution in [3.63, 3.8) is 0 Å². The van der Waals surface area contributed by atoms with Crippen molar-refractivity contribution in [3.05, 3.63) is 20.8 Å². The molecular weight excluding hydrogens is 288 g/mol. The van der Waals surface area contributed by atoms with E-state index in [0.29, 0.717) is 12.3 Å². The van der Waals surface area contributed by atoms with E-state index in [0.717, 1.165) is 17.3 Å². The summed E-state index contributed by atoms with van der Waals surface area (Å²) in [5.74, 6) is -0.448. The van der Waals surface area contributed by atoms with Crippen LogP contribution in [0.25, 0.3) is 0 Å². The minimum atomic E-state index is -0.632. The third kappa shape index (κ3) is 2.66. The predicted octanol–water partition coefficient (Wildman–Crippen LogP) is 3.94. The van der Waals surface area contributed by atoms with Gasteiger partial charge in [-0.25, -0.2) is 0 Å². The van der Waals surface area contributed by atoms with Crippen LogP contribution >= 0.6 is 27.3 Å². The van der Waals surface area contributed by atoms with Crippen molar-refractivity contribution in [1.82, 2.24) is 0 Å². The van der Waals surface area contributed by atoms with Gasteiger partial charge in [-0.2, -0.15) is 0 Å². The molecule has 0 spiro atoms. The number of rotatable bonds is 4. The molecular formula is C12H15BrO2S. The number of carboxylic acids is 1. The molecule has 0 amide bonds. The van der Waals surface area contributed by atoms with Gasteiger partial charge in [0.25, 0.3) is 0 Å². The molecule has 1 aliphatic rings. The Balaban J connectivity index is 2.08. The number of aliphatic carboxylic acids is 1. The van der Waals surface area contributed by atoms with Crippen LogP contribution in [0.1, 0.15) is 30.6 Å². The highest BCUT2D eigenvalue weighted by molar-refractivity contribution is 9.10. The molecule has 1 aromatic heterocycles. The molecule has 0 aromatic carbocycles. The highest BCUT2D eigenvalue weighted by Crippen LogP contribution is 2.35. The Morgan fingerprint density at radius 1 is 1.56 bits per heavy atom. The van der Waals surface area contributed by atoms with Gasteiger partial charge in [-0.05, 0) is 52.6 Å². The predicted molar refractivity (Wildman–Crippen MR) is 68.8 cm³/mol. The lowest BCUT2D eigenvalue weighted by Gasteiger charge is -2.18. The summed E-state index contributed by atoms with van der Waals surface area (Å²) in [4.78, 5) is 12.5. The Bertz CT molecular complexity index is 369. The minimum absolute atomic E-state index is 0.197. The highest BCUT2D eigenvalue weighted by Gasteiger charge is 2.31. The lowest BCUT2D eigenvalue weighted by Crippen LogP contribution is -2.23. The van der Waals surface area contributed by atoms with Gasteiger partial charge in [0.1, 0.15) is 0 Å². The van der Waals surface area contributed by atoms with Gasteiger partial charge in [0.05, 0.1) is 5.92 Å². The summed E-state index contributed by atoms with van der Waals surface area (Å²) in [6, 6.07) is 1.99. The summed E-state index contributed by atoms with van der Waals surface area (Å²) >= 11 is 5.11. The maximum atomic E-state index is 11.3. The fourth-order valence-corrected chi connectivity index (χ4v) is 4.06. The molecule has 0 saturated heterocycles. The van der Waals surface area contributed by atoms with E-state index >= 15 is 0 Å². The molecule has 0 bridgehead atoms. The van der Waals surface area contributed by atoms with Gasteiger partial charge < -0.3 is 5.11 Å². The van der Waals surface area contributed by atoms with Crippen molar-refractivity contribution < 1.29 is 9.90 Å². The standard InChI is InChI=1S/C12H15BrO2S/c13-10-5-6-16-11(10)7-9(12(14)15)8-3-1-2-4-8/h5-6,8-9H,1-4,7H2,(H,14,15). The number of hydrogen-bond donors (Lipinski definition) is 1. The van der Waals surface area contributed by atoms with Crippen LogP contribution in [-0.2, 0) is 11.2 Å². The largest absolute Gasteiger partial charge is 0.481 e. The van der Waals surface area contributed by atoms with Gasteiger partial charge >= 0.3 is 5.97 Å². The SMILES string of the molecule is O=C(O)C(Cc1sccc1Br)C1CCCC1. The van der Waals surface area contributed by atoms with Crippen molar-refractivity contribution >= 4 is 33.2 Å². The van der Waals surface area contributed by atoms with Crippen LogP contribution in [0.3, 0.4) is 0 Å². The number of thiophene rings is 1. The van der Waals surface area contributed by atoms with Crippen LogP contribution in [0.2, 0.25) is 0 Å². The van der Waals surface area contributed by atoms with Crippen molar-refractivity contribution in [2.45, 2.75) is 32.1 Å². The molecule has 1 aliphatic carbocycles. The Morgan fingerprint density at radius 3 is 2.75 bits per heavy atom. The smallest absolute Gasteiger partial charge is 0.307 e. The second-order valence-electron chi connectivity index (χ2n) is 4.39. The fourth-order valence-electron chi connectivity index (χ4n) is 2.49. The average Bonchev–Trinajstić information content (AvgIpc) is 2.85. The maximum absolute atomic E-state index is 11.3. The minimum Gasteiger partial charge on any atom is -0.481 e. The Labute approximate surface area is 108 Å². The van der Waals surface area contributed by atoms with Crippen LogP contribution in [-0.4, -0.2) is 11.1 Å². The van der Waals surface area contributed by atoms with Crippen LogP contribution < -0.4 is 0 Å². The van der Waals surface area contributed by atoms with Gasteiger partial charge in [-0.1, -0.05) is 12.8 Å². The quantitative estimate of drug-likeness (QED) is 0.914. The Morgan fingerprint density at radius 2 is 2.25 bits per heavy atom. The lowest BCUT2D eigenvalue weighted by molar-refractivity contribution is -0.143. The van der Waals surface area contributed by atoms with E-state index in [1.165, 1.54) is 17.7 Å². The van der Waals surface area contributed by atoms with Gasteiger partial charge in [0, 0.05) is 9.35 Å². The third-order valence-electron chi connectivity index (χ3n) is 3.38. The van der Waals surface area contributed by atoms with Crippen molar-refractivity contribution in [3.8, 4) is 0 Å². The van der Waals surface area contributed by atoms with Crippen molar-refractivity contribution in [2.75, 3.05) is 0 Å². The molecule has 1 fully saturated rings. The first-order valence-electron chi connectivity index (χ1n) is 5.63. The van der Waals surface area contributed by atoms with Gasteiger partial charge in [-0.15, -0.1) is 11.3 Å². The number of carbonyl (C=O) groups is 1.